The van der Waals surface area contributed by atoms with Gasteiger partial charge in [-0.1, -0.05) is 18.2 Å². The molecule has 3 aromatic rings. The Balaban J connectivity index is 2.03. The zero-order chi connectivity index (χ0) is 20.7. The molecule has 0 aliphatic heterocycles. The van der Waals surface area contributed by atoms with Gasteiger partial charge in [0.25, 0.3) is 5.56 Å². The van der Waals surface area contributed by atoms with Crippen molar-refractivity contribution in [3.05, 3.63) is 57.5 Å². The molecule has 1 aliphatic rings. The van der Waals surface area contributed by atoms with Crippen LogP contribution in [-0.2, 0) is 25.5 Å². The minimum Gasteiger partial charge on any atom is -0.464 e. The Labute approximate surface area is 164 Å². The summed E-state index contributed by atoms with van der Waals surface area (Å²) in [6.07, 6.45) is 0.579. The number of carbonyl (C=O) groups excluding carboxylic acids is 3. The smallest absolute Gasteiger partial charge is 0.374 e. The molecule has 0 bridgehead atoms. The van der Waals surface area contributed by atoms with Gasteiger partial charge in [0, 0.05) is 0 Å². The summed E-state index contributed by atoms with van der Waals surface area (Å²) in [6.45, 7) is 0. The first-order valence-corrected chi connectivity index (χ1v) is 8.91. The van der Waals surface area contributed by atoms with Crippen LogP contribution in [0.4, 0.5) is 0 Å². The van der Waals surface area contributed by atoms with Crippen LogP contribution in [0, 0.1) is 0 Å². The van der Waals surface area contributed by atoms with E-state index >= 15 is 0 Å². The van der Waals surface area contributed by atoms with Gasteiger partial charge in [-0.15, -0.1) is 0 Å². The van der Waals surface area contributed by atoms with E-state index in [1.807, 2.05) is 6.07 Å². The van der Waals surface area contributed by atoms with E-state index in [-0.39, 0.29) is 23.1 Å². The number of fused-ring (bicyclic) bond motifs is 3. The molecule has 0 unspecified atom stereocenters. The predicted molar refractivity (Wildman–Crippen MR) is 101 cm³/mol. The number of ether oxygens (including phenoxy) is 2. The fourth-order valence-electron chi connectivity index (χ4n) is 3.81. The molecule has 0 saturated heterocycles. The quantitative estimate of drug-likeness (QED) is 0.522. The van der Waals surface area contributed by atoms with Gasteiger partial charge in [-0.05, 0) is 36.1 Å². The molecule has 4 rings (SSSR count). The lowest BCUT2D eigenvalue weighted by Crippen LogP contribution is -2.23. The normalized spacial score (nSPS) is 15.2. The van der Waals surface area contributed by atoms with Gasteiger partial charge < -0.3 is 9.47 Å². The monoisotopic (exact) mass is 395 g/mol. The van der Waals surface area contributed by atoms with E-state index < -0.39 is 29.2 Å². The number of para-hydroxylation sites is 1. The molecule has 1 aliphatic carbocycles. The highest BCUT2D eigenvalue weighted by Crippen LogP contribution is 2.39. The first-order valence-electron chi connectivity index (χ1n) is 8.91. The second-order valence-corrected chi connectivity index (χ2v) is 6.60. The number of pyridine rings is 1. The summed E-state index contributed by atoms with van der Waals surface area (Å²) in [5.41, 5.74) is 1.09. The minimum atomic E-state index is -0.994. The summed E-state index contributed by atoms with van der Waals surface area (Å²) >= 11 is 0. The lowest BCUT2D eigenvalue weighted by molar-refractivity contribution is -0.152. The maximum atomic E-state index is 13.2. The number of benzene rings is 1. The summed E-state index contributed by atoms with van der Waals surface area (Å²) in [6, 6.07) is 8.82. The SMILES string of the molecule is COC(=O)C(=O)[C@@H]1CCc2c(C(=O)OC)nc3[nH]n(-c4ccccc4)c(=O)c3c21. The van der Waals surface area contributed by atoms with Crippen LogP contribution in [0.5, 0.6) is 0 Å². The molecule has 0 amide bonds. The number of aromatic nitrogens is 3. The maximum absolute atomic E-state index is 13.2. The van der Waals surface area contributed by atoms with E-state index in [0.29, 0.717) is 23.2 Å². The standard InChI is InChI=1S/C20H17N3O6/c1-28-19(26)15-11-8-9-12(16(24)20(27)29-2)13(11)14-17(21-15)22-23(18(14)25)10-6-4-3-5-7-10/h3-7,12H,8-9H2,1-2H3,(H,21,22)/t12-/m1/s1. The van der Waals surface area contributed by atoms with Gasteiger partial charge in [-0.25, -0.2) is 19.3 Å². The Morgan fingerprint density at radius 3 is 2.52 bits per heavy atom. The number of Topliss-reactive ketones (excluding diaryl/α,β-unsaturated/α-hetero) is 1. The van der Waals surface area contributed by atoms with Gasteiger partial charge >= 0.3 is 11.9 Å². The van der Waals surface area contributed by atoms with Crippen molar-refractivity contribution in [2.24, 2.45) is 0 Å². The van der Waals surface area contributed by atoms with Crippen molar-refractivity contribution in [1.82, 2.24) is 14.8 Å². The van der Waals surface area contributed by atoms with Crippen molar-refractivity contribution >= 4 is 28.8 Å². The molecule has 2 aromatic heterocycles. The Kier molecular flexibility index (Phi) is 4.50. The van der Waals surface area contributed by atoms with Crippen molar-refractivity contribution in [3.63, 3.8) is 0 Å². The molecule has 0 fully saturated rings. The number of nitrogens with zero attached hydrogens (tertiary/aromatic N) is 2. The van der Waals surface area contributed by atoms with Gasteiger partial charge in [0.1, 0.15) is 0 Å². The number of hydrogen-bond donors (Lipinski definition) is 1. The average molecular weight is 395 g/mol. The minimum absolute atomic E-state index is 0.0247. The van der Waals surface area contributed by atoms with E-state index in [9.17, 15) is 19.2 Å². The molecule has 0 spiro atoms. The first-order chi connectivity index (χ1) is 14.0. The van der Waals surface area contributed by atoms with E-state index in [2.05, 4.69) is 14.8 Å². The molecule has 9 heteroatoms. The van der Waals surface area contributed by atoms with E-state index in [1.54, 1.807) is 24.3 Å². The Morgan fingerprint density at radius 2 is 1.86 bits per heavy atom. The fourth-order valence-corrected chi connectivity index (χ4v) is 3.81. The molecule has 2 heterocycles. The van der Waals surface area contributed by atoms with E-state index in [1.165, 1.54) is 11.8 Å². The second-order valence-electron chi connectivity index (χ2n) is 6.60. The Morgan fingerprint density at radius 1 is 1.14 bits per heavy atom. The largest absolute Gasteiger partial charge is 0.464 e. The Hall–Kier alpha value is -3.75. The fraction of sp³-hybridized carbons (Fsp3) is 0.250. The van der Waals surface area contributed by atoms with Crippen LogP contribution in [0.3, 0.4) is 0 Å². The van der Waals surface area contributed by atoms with Gasteiger partial charge in [0.15, 0.2) is 11.3 Å². The number of H-pyrrole nitrogens is 1. The van der Waals surface area contributed by atoms with Crippen LogP contribution in [0.25, 0.3) is 16.7 Å². The number of hydrogen-bond acceptors (Lipinski definition) is 7. The third-order valence-electron chi connectivity index (χ3n) is 5.10. The lowest BCUT2D eigenvalue weighted by atomic mass is 9.94. The van der Waals surface area contributed by atoms with Gasteiger partial charge in [-0.3, -0.25) is 14.7 Å². The Bertz CT molecular complexity index is 1210. The summed E-state index contributed by atoms with van der Waals surface area (Å²) in [7, 11) is 2.35. The zero-order valence-electron chi connectivity index (χ0n) is 15.7. The molecule has 0 radical (unpaired) electrons. The van der Waals surface area contributed by atoms with Gasteiger partial charge in [-0.2, -0.15) is 0 Å². The molecule has 1 N–H and O–H groups in total. The van der Waals surface area contributed by atoms with Crippen LogP contribution in [0.15, 0.2) is 35.1 Å². The van der Waals surface area contributed by atoms with Crippen molar-refractivity contribution < 1.29 is 23.9 Å². The summed E-state index contributed by atoms with van der Waals surface area (Å²) in [5.74, 6) is -3.32. The van der Waals surface area contributed by atoms with Gasteiger partial charge in [0.2, 0.25) is 5.78 Å². The molecule has 29 heavy (non-hydrogen) atoms. The highest BCUT2D eigenvalue weighted by molar-refractivity contribution is 6.36. The maximum Gasteiger partial charge on any atom is 0.374 e. The molecule has 9 nitrogen and oxygen atoms in total. The summed E-state index contributed by atoms with van der Waals surface area (Å²) in [5, 5.41) is 3.07. The van der Waals surface area contributed by atoms with Gasteiger partial charge in [0.05, 0.1) is 31.2 Å². The summed E-state index contributed by atoms with van der Waals surface area (Å²) < 4.78 is 10.7. The number of carbonyl (C=O) groups is 3. The van der Waals surface area contributed by atoms with Crippen molar-refractivity contribution in [2.45, 2.75) is 18.8 Å². The van der Waals surface area contributed by atoms with E-state index in [0.717, 1.165) is 7.11 Å². The summed E-state index contributed by atoms with van der Waals surface area (Å²) in [4.78, 5) is 54.2. The molecule has 1 aromatic carbocycles. The first kappa shape index (κ1) is 18.6. The number of aromatic amines is 1. The van der Waals surface area contributed by atoms with Crippen LogP contribution in [0.1, 0.15) is 34.0 Å². The molecule has 0 saturated carbocycles. The highest BCUT2D eigenvalue weighted by atomic mass is 16.5. The number of rotatable bonds is 4. The highest BCUT2D eigenvalue weighted by Gasteiger charge is 2.39. The van der Waals surface area contributed by atoms with Crippen LogP contribution < -0.4 is 5.56 Å². The number of nitrogens with one attached hydrogen (secondary N) is 1. The van der Waals surface area contributed by atoms with Crippen LogP contribution in [0.2, 0.25) is 0 Å². The molecule has 148 valence electrons. The lowest BCUT2D eigenvalue weighted by Gasteiger charge is -2.11. The number of esters is 2. The third kappa shape index (κ3) is 2.82. The zero-order valence-corrected chi connectivity index (χ0v) is 15.7. The number of methoxy groups -OCH3 is 2. The third-order valence-corrected chi connectivity index (χ3v) is 5.10. The van der Waals surface area contributed by atoms with Crippen molar-refractivity contribution in [3.8, 4) is 5.69 Å². The average Bonchev–Trinajstić information content (AvgIpc) is 3.33. The number of ketones is 1. The second kappa shape index (κ2) is 7.01. The van der Waals surface area contributed by atoms with Crippen LogP contribution in [-0.4, -0.2) is 46.7 Å². The topological polar surface area (TPSA) is 120 Å². The molecular weight excluding hydrogens is 378 g/mol. The van der Waals surface area contributed by atoms with E-state index in [4.69, 9.17) is 4.74 Å². The van der Waals surface area contributed by atoms with Crippen molar-refractivity contribution in [1.29, 1.82) is 0 Å². The predicted octanol–water partition coefficient (Wildman–Crippen LogP) is 1.27. The molecule has 1 atom stereocenters. The molecular formula is C20H17N3O6. The van der Waals surface area contributed by atoms with Crippen LogP contribution >= 0.6 is 0 Å². The van der Waals surface area contributed by atoms with Crippen molar-refractivity contribution in [2.75, 3.05) is 14.2 Å².